The zero-order valence-electron chi connectivity index (χ0n) is 24.4. The Labute approximate surface area is 247 Å². The van der Waals surface area contributed by atoms with E-state index in [-0.39, 0.29) is 39.2 Å². The first-order chi connectivity index (χ1) is 19.6. The zero-order valence-corrected chi connectivity index (χ0v) is 26.0. The van der Waals surface area contributed by atoms with Crippen LogP contribution in [0, 0.1) is 33.1 Å². The van der Waals surface area contributed by atoms with Crippen molar-refractivity contribution in [2.45, 2.75) is 57.3 Å². The van der Waals surface area contributed by atoms with Gasteiger partial charge < -0.3 is 24.2 Å². The standard InChI is InChI=1S/C29H33N3O8S2/c1-16-10-21(40-15-29(5,6)27(34)35)11-17(2)26(16)42(37,38)32-24-9-8-20(39-7)12-22(24)31-28(32)41(36)14-23-19(4)25(33)18(3)13-30-23/h8-13H,14-15H2,1-7H3,(H,30,33)(H,34,35). The number of pyridine rings is 1. The first-order valence-corrected chi connectivity index (χ1v) is 15.7. The number of carboxylic acids is 1. The summed E-state index contributed by atoms with van der Waals surface area (Å²) in [4.78, 5) is 20.2. The molecule has 2 N–H and O–H groups in total. The van der Waals surface area contributed by atoms with Gasteiger partial charge in [-0.05, 0) is 76.9 Å². The number of benzene rings is 2. The van der Waals surface area contributed by atoms with Gasteiger partial charge in [0.15, 0.2) is 5.75 Å². The molecule has 2 heterocycles. The van der Waals surface area contributed by atoms with Gasteiger partial charge in [0.1, 0.15) is 23.9 Å². The molecule has 0 aliphatic carbocycles. The molecule has 0 saturated heterocycles. The van der Waals surface area contributed by atoms with Crippen molar-refractivity contribution in [1.29, 1.82) is 0 Å². The summed E-state index contributed by atoms with van der Waals surface area (Å²) in [5, 5.41) is 19.5. The zero-order chi connectivity index (χ0) is 31.1. The monoisotopic (exact) mass is 615 g/mol. The smallest absolute Gasteiger partial charge is 0.338 e. The van der Waals surface area contributed by atoms with Gasteiger partial charge in [0.05, 0.1) is 34.1 Å². The number of aliphatic carboxylic acids is 1. The number of hydrogen-bond donors (Lipinski definition) is 2. The Hall–Kier alpha value is -3.81. The molecular weight excluding hydrogens is 582 g/mol. The molecule has 11 nitrogen and oxygen atoms in total. The van der Waals surface area contributed by atoms with Gasteiger partial charge in [-0.1, -0.05) is 0 Å². The molecule has 0 fully saturated rings. The SMILES string of the molecule is COc1ccc2c(c1)nc([S+]([O-])Cc1ncc(C)c(O)c1C)n2S(=O)(=O)c1c(C)cc(OCC(C)(C)C(=O)O)cc1C. The molecule has 0 spiro atoms. The predicted molar refractivity (Wildman–Crippen MR) is 157 cm³/mol. The summed E-state index contributed by atoms with van der Waals surface area (Å²) >= 11 is -1.99. The number of rotatable bonds is 10. The third kappa shape index (κ3) is 5.76. The Morgan fingerprint density at radius 2 is 1.71 bits per heavy atom. The average molecular weight is 616 g/mol. The van der Waals surface area contributed by atoms with E-state index in [2.05, 4.69) is 9.97 Å². The number of fused-ring (bicyclic) bond motifs is 1. The van der Waals surface area contributed by atoms with E-state index in [1.165, 1.54) is 45.4 Å². The maximum absolute atomic E-state index is 14.3. The molecule has 224 valence electrons. The first-order valence-electron chi connectivity index (χ1n) is 12.9. The van der Waals surface area contributed by atoms with E-state index in [0.717, 1.165) is 3.97 Å². The highest BCUT2D eigenvalue weighted by atomic mass is 32.2. The molecule has 0 amide bonds. The summed E-state index contributed by atoms with van der Waals surface area (Å²) in [7, 11) is -2.90. The largest absolute Gasteiger partial charge is 0.609 e. The number of aromatic nitrogens is 3. The number of ether oxygens (including phenoxy) is 2. The van der Waals surface area contributed by atoms with Crippen molar-refractivity contribution in [3.05, 3.63) is 64.5 Å². The molecule has 4 aromatic rings. The number of carboxylic acid groups (broad SMARTS) is 1. The lowest BCUT2D eigenvalue weighted by molar-refractivity contribution is -0.148. The van der Waals surface area contributed by atoms with Crippen molar-refractivity contribution in [3.8, 4) is 17.2 Å². The van der Waals surface area contributed by atoms with E-state index in [4.69, 9.17) is 9.47 Å². The molecular formula is C29H33N3O8S2. The van der Waals surface area contributed by atoms with E-state index < -0.39 is 32.6 Å². The highest BCUT2D eigenvalue weighted by molar-refractivity contribution is 7.93. The number of carbonyl (C=O) groups is 1. The summed E-state index contributed by atoms with van der Waals surface area (Å²) in [5.41, 5.74) is 1.39. The minimum Gasteiger partial charge on any atom is -0.609 e. The molecule has 1 unspecified atom stereocenters. The second-order valence-corrected chi connectivity index (χ2v) is 13.8. The van der Waals surface area contributed by atoms with Crippen molar-refractivity contribution in [2.24, 2.45) is 5.41 Å². The van der Waals surface area contributed by atoms with Crippen molar-refractivity contribution >= 4 is 38.2 Å². The molecule has 13 heteroatoms. The van der Waals surface area contributed by atoms with Gasteiger partial charge in [0.25, 0.3) is 10.0 Å². The van der Waals surface area contributed by atoms with Crippen LogP contribution in [0.5, 0.6) is 17.2 Å². The Morgan fingerprint density at radius 3 is 2.31 bits per heavy atom. The fraction of sp³-hybridized carbons (Fsp3) is 0.345. The van der Waals surface area contributed by atoms with Crippen molar-refractivity contribution in [2.75, 3.05) is 13.7 Å². The van der Waals surface area contributed by atoms with Gasteiger partial charge in [-0.3, -0.25) is 9.78 Å². The van der Waals surface area contributed by atoms with Crippen molar-refractivity contribution in [1.82, 2.24) is 13.9 Å². The van der Waals surface area contributed by atoms with Gasteiger partial charge in [0.2, 0.25) is 0 Å². The maximum Gasteiger partial charge on any atom is 0.338 e. The summed E-state index contributed by atoms with van der Waals surface area (Å²) in [6.07, 6.45) is 1.47. The third-order valence-corrected chi connectivity index (χ3v) is 10.3. The third-order valence-electron chi connectivity index (χ3n) is 6.95. The minimum atomic E-state index is -4.37. The molecule has 0 radical (unpaired) electrons. The van der Waals surface area contributed by atoms with Crippen LogP contribution in [0.2, 0.25) is 0 Å². The molecule has 2 aromatic carbocycles. The van der Waals surface area contributed by atoms with Crippen LogP contribution < -0.4 is 9.47 Å². The van der Waals surface area contributed by atoms with Crippen LogP contribution in [0.15, 0.2) is 46.6 Å². The normalized spacial score (nSPS) is 12.9. The second-order valence-electron chi connectivity index (χ2n) is 10.7. The Balaban J connectivity index is 1.84. The van der Waals surface area contributed by atoms with Crippen LogP contribution in [0.3, 0.4) is 0 Å². The van der Waals surface area contributed by atoms with Crippen LogP contribution in [0.4, 0.5) is 0 Å². The fourth-order valence-corrected chi connectivity index (χ4v) is 7.91. The first kappa shape index (κ1) is 31.1. The van der Waals surface area contributed by atoms with E-state index in [1.807, 2.05) is 0 Å². The quantitative estimate of drug-likeness (QED) is 0.244. The molecule has 0 aliphatic heterocycles. The molecule has 2 aromatic heterocycles. The molecule has 4 rings (SSSR count). The van der Waals surface area contributed by atoms with Crippen LogP contribution >= 0.6 is 0 Å². The fourth-order valence-electron chi connectivity index (χ4n) is 4.44. The lowest BCUT2D eigenvalue weighted by Gasteiger charge is -2.21. The molecule has 0 bridgehead atoms. The van der Waals surface area contributed by atoms with E-state index >= 15 is 0 Å². The maximum atomic E-state index is 14.3. The number of imidazole rings is 1. The molecule has 0 saturated carbocycles. The lowest BCUT2D eigenvalue weighted by Crippen LogP contribution is -2.30. The average Bonchev–Trinajstić information content (AvgIpc) is 3.31. The minimum absolute atomic E-state index is 0.0250. The number of aryl methyl sites for hydroxylation is 3. The lowest BCUT2D eigenvalue weighted by atomic mass is 9.95. The van der Waals surface area contributed by atoms with Gasteiger partial charge in [0, 0.05) is 34.6 Å². The molecule has 0 aliphatic rings. The summed E-state index contributed by atoms with van der Waals surface area (Å²) in [5.74, 6) is -0.405. The molecule has 1 atom stereocenters. The number of hydrogen-bond acceptors (Lipinski definition) is 9. The van der Waals surface area contributed by atoms with E-state index in [9.17, 15) is 28.0 Å². The van der Waals surface area contributed by atoms with Crippen molar-refractivity contribution in [3.63, 3.8) is 0 Å². The highest BCUT2D eigenvalue weighted by Crippen LogP contribution is 2.34. The Bertz CT molecular complexity index is 1780. The number of nitrogens with zero attached hydrogens (tertiary/aromatic N) is 3. The van der Waals surface area contributed by atoms with Crippen LogP contribution in [0.25, 0.3) is 11.0 Å². The van der Waals surface area contributed by atoms with Crippen LogP contribution in [-0.4, -0.2) is 56.8 Å². The van der Waals surface area contributed by atoms with Crippen LogP contribution in [0.1, 0.15) is 41.8 Å². The molecule has 42 heavy (non-hydrogen) atoms. The van der Waals surface area contributed by atoms with Crippen molar-refractivity contribution < 1.29 is 37.5 Å². The Kier molecular flexibility index (Phi) is 8.50. The number of methoxy groups -OCH3 is 1. The predicted octanol–water partition coefficient (Wildman–Crippen LogP) is 4.41. The van der Waals surface area contributed by atoms with E-state index in [0.29, 0.717) is 39.4 Å². The topological polar surface area (TPSA) is 164 Å². The summed E-state index contributed by atoms with van der Waals surface area (Å²) in [6, 6.07) is 7.74. The second kappa shape index (κ2) is 11.5. The number of aromatic hydroxyl groups is 1. The van der Waals surface area contributed by atoms with Gasteiger partial charge >= 0.3 is 11.1 Å². The van der Waals surface area contributed by atoms with Gasteiger partial charge in [-0.25, -0.2) is 8.42 Å². The van der Waals surface area contributed by atoms with Crippen LogP contribution in [-0.2, 0) is 31.7 Å². The highest BCUT2D eigenvalue weighted by Gasteiger charge is 2.34. The van der Waals surface area contributed by atoms with E-state index in [1.54, 1.807) is 39.8 Å². The Morgan fingerprint density at radius 1 is 1.07 bits per heavy atom. The van der Waals surface area contributed by atoms with Gasteiger partial charge in [-0.2, -0.15) is 8.96 Å². The summed E-state index contributed by atoms with van der Waals surface area (Å²) < 4.78 is 54.5. The summed E-state index contributed by atoms with van der Waals surface area (Å²) in [6.45, 7) is 9.51. The van der Waals surface area contributed by atoms with Gasteiger partial charge in [-0.15, -0.1) is 0 Å².